The molecule has 0 saturated heterocycles. The van der Waals surface area contributed by atoms with Crippen LogP contribution in [0.1, 0.15) is 0 Å². The van der Waals surface area contributed by atoms with Crippen molar-refractivity contribution in [3.63, 3.8) is 0 Å². The predicted octanol–water partition coefficient (Wildman–Crippen LogP) is -0.00944. The van der Waals surface area contributed by atoms with Crippen molar-refractivity contribution in [3.05, 3.63) is 0 Å². The molecule has 0 aromatic carbocycles. The predicted molar refractivity (Wildman–Crippen MR) is 20.7 cm³/mol. The topological polar surface area (TPSA) is 47.6 Å². The van der Waals surface area contributed by atoms with Crippen LogP contribution in [0.25, 0.3) is 0 Å². The molecule has 0 fully saturated rings. The first kappa shape index (κ1) is 5.54. The summed E-state index contributed by atoms with van der Waals surface area (Å²) in [6.45, 7) is 0. The molecule has 0 unspecified atom stereocenters. The van der Waals surface area contributed by atoms with Gasteiger partial charge in [0, 0.05) is 0 Å². The third kappa shape index (κ3) is 1.82. The molecule has 0 bridgehead atoms. The summed E-state index contributed by atoms with van der Waals surface area (Å²) in [5, 5.41) is 15.7. The van der Waals surface area contributed by atoms with E-state index in [1.54, 1.807) is 12.1 Å². The molecule has 0 rings (SSSR count). The van der Waals surface area contributed by atoms with Crippen molar-refractivity contribution in [2.24, 2.45) is 0 Å². The van der Waals surface area contributed by atoms with E-state index in [-0.39, 0.29) is 0 Å². The Hall–Kier alpha value is -0.462. The van der Waals surface area contributed by atoms with Crippen molar-refractivity contribution in [1.29, 1.82) is 10.5 Å². The minimum atomic E-state index is -0.516. The number of nitriles is 2. The Kier molecular flexibility index (Phi) is 2.55. The maximum atomic E-state index is 7.85. The van der Waals surface area contributed by atoms with Crippen molar-refractivity contribution in [2.75, 3.05) is 0 Å². The fraction of sp³-hybridized carbons (Fsp3) is 0.333. The summed E-state index contributed by atoms with van der Waals surface area (Å²) in [5.41, 5.74) is 0. The average Bonchev–Trinajstić information content (AvgIpc) is 1.65. The molecule has 0 spiro atoms. The molecule has 0 aromatic heterocycles. The summed E-state index contributed by atoms with van der Waals surface area (Å²) < 4.78 is -0.516. The standard InChI is InChI=1S/C3HAsN2/c4-3(1-5)2-6/h3H. The van der Waals surface area contributed by atoms with E-state index >= 15 is 0 Å². The van der Waals surface area contributed by atoms with E-state index in [2.05, 4.69) is 0 Å². The number of nitrogens with zero attached hydrogens (tertiary/aromatic N) is 2. The SMILES string of the molecule is N#CC([As])C#N. The van der Waals surface area contributed by atoms with Crippen LogP contribution in [-0.2, 0) is 0 Å². The number of rotatable bonds is 0. The maximum absolute atomic E-state index is 7.85. The van der Waals surface area contributed by atoms with Crippen molar-refractivity contribution in [2.45, 2.75) is 4.71 Å². The Morgan fingerprint density at radius 1 is 1.33 bits per heavy atom. The average molecular weight is 140 g/mol. The van der Waals surface area contributed by atoms with Crippen molar-refractivity contribution >= 4 is 16.9 Å². The summed E-state index contributed by atoms with van der Waals surface area (Å²) in [5.74, 6) is 0. The number of hydrogen-bond acceptors (Lipinski definition) is 2. The van der Waals surface area contributed by atoms with Gasteiger partial charge in [0.1, 0.15) is 0 Å². The van der Waals surface area contributed by atoms with Crippen LogP contribution in [0.5, 0.6) is 0 Å². The van der Waals surface area contributed by atoms with Crippen LogP contribution in [0, 0.1) is 22.7 Å². The van der Waals surface area contributed by atoms with Crippen LogP contribution in [0.15, 0.2) is 0 Å². The molecule has 0 aliphatic rings. The van der Waals surface area contributed by atoms with Gasteiger partial charge < -0.3 is 0 Å². The van der Waals surface area contributed by atoms with Crippen LogP contribution < -0.4 is 0 Å². The third-order valence-corrected chi connectivity index (χ3v) is 0.729. The summed E-state index contributed by atoms with van der Waals surface area (Å²) in [4.78, 5) is 0. The first-order chi connectivity index (χ1) is 2.81. The zero-order valence-electron chi connectivity index (χ0n) is 2.92. The Morgan fingerprint density at radius 2 is 1.67 bits per heavy atom. The van der Waals surface area contributed by atoms with Crippen molar-refractivity contribution in [3.8, 4) is 12.1 Å². The fourth-order valence-electron chi connectivity index (χ4n) is 0.0289. The van der Waals surface area contributed by atoms with E-state index in [4.69, 9.17) is 10.5 Å². The van der Waals surface area contributed by atoms with Crippen LogP contribution >= 0.6 is 0 Å². The first-order valence-corrected chi connectivity index (χ1v) is 2.37. The van der Waals surface area contributed by atoms with Crippen LogP contribution in [0.2, 0.25) is 4.71 Å². The molecule has 0 amide bonds. The molecule has 0 N–H and O–H groups in total. The van der Waals surface area contributed by atoms with Gasteiger partial charge in [-0.05, 0) is 0 Å². The zero-order valence-corrected chi connectivity index (χ0v) is 4.80. The Balaban J connectivity index is 3.40. The summed E-state index contributed by atoms with van der Waals surface area (Å²) in [7, 11) is 0. The van der Waals surface area contributed by atoms with Gasteiger partial charge in [-0.25, -0.2) is 0 Å². The molecule has 28 valence electrons. The fourth-order valence-corrected chi connectivity index (χ4v) is 0.0289. The van der Waals surface area contributed by atoms with E-state index in [1.165, 1.54) is 0 Å². The van der Waals surface area contributed by atoms with Gasteiger partial charge >= 0.3 is 44.2 Å². The van der Waals surface area contributed by atoms with E-state index < -0.39 is 4.71 Å². The van der Waals surface area contributed by atoms with Gasteiger partial charge in [-0.2, -0.15) is 0 Å². The summed E-state index contributed by atoms with van der Waals surface area (Å²) >= 11 is 1.95. The van der Waals surface area contributed by atoms with Gasteiger partial charge in [0.2, 0.25) is 0 Å². The van der Waals surface area contributed by atoms with Crippen molar-refractivity contribution < 1.29 is 0 Å². The van der Waals surface area contributed by atoms with E-state index in [1.807, 2.05) is 16.9 Å². The van der Waals surface area contributed by atoms with Crippen molar-refractivity contribution in [1.82, 2.24) is 0 Å². The number of hydrogen-bond donors (Lipinski definition) is 0. The Morgan fingerprint density at radius 3 is 1.67 bits per heavy atom. The molecular weight excluding hydrogens is 139 g/mol. The molecule has 6 heavy (non-hydrogen) atoms. The van der Waals surface area contributed by atoms with Gasteiger partial charge in [-0.15, -0.1) is 0 Å². The van der Waals surface area contributed by atoms with Gasteiger partial charge in [-0.1, -0.05) is 0 Å². The van der Waals surface area contributed by atoms with Crippen LogP contribution in [0.4, 0.5) is 0 Å². The second kappa shape index (κ2) is 2.76. The molecule has 0 aromatic rings. The molecular formula is C3HAsN2. The molecule has 2 nitrogen and oxygen atoms in total. The molecule has 0 heterocycles. The Bertz CT molecular complexity index is 92.9. The summed E-state index contributed by atoms with van der Waals surface area (Å²) in [6, 6.07) is 3.45. The second-order valence-electron chi connectivity index (χ2n) is 0.661. The molecule has 0 atom stereocenters. The first-order valence-electron chi connectivity index (χ1n) is 1.28. The summed E-state index contributed by atoms with van der Waals surface area (Å²) in [6.07, 6.45) is 0. The Labute approximate surface area is 44.9 Å². The van der Waals surface area contributed by atoms with E-state index in [9.17, 15) is 0 Å². The van der Waals surface area contributed by atoms with Gasteiger partial charge in [0.15, 0.2) is 0 Å². The van der Waals surface area contributed by atoms with E-state index in [0.29, 0.717) is 0 Å². The minimum absolute atomic E-state index is 0.516. The normalized spacial score (nSPS) is 6.67. The van der Waals surface area contributed by atoms with Crippen LogP contribution in [0.3, 0.4) is 0 Å². The van der Waals surface area contributed by atoms with Gasteiger partial charge in [0.25, 0.3) is 0 Å². The van der Waals surface area contributed by atoms with Gasteiger partial charge in [0.05, 0.1) is 0 Å². The molecule has 0 saturated carbocycles. The molecule has 0 aliphatic carbocycles. The molecule has 0 aliphatic heterocycles. The third-order valence-electron chi connectivity index (χ3n) is 0.245. The quantitative estimate of drug-likeness (QED) is 0.444. The molecule has 3 heteroatoms. The molecule has 2 radical (unpaired) electrons. The van der Waals surface area contributed by atoms with E-state index in [0.717, 1.165) is 0 Å². The monoisotopic (exact) mass is 140 g/mol. The second-order valence-corrected chi connectivity index (χ2v) is 1.74. The van der Waals surface area contributed by atoms with Gasteiger partial charge in [-0.3, -0.25) is 0 Å². The zero-order chi connectivity index (χ0) is 4.99. The van der Waals surface area contributed by atoms with Crippen LogP contribution in [-0.4, -0.2) is 16.9 Å².